The molecule has 0 radical (unpaired) electrons. The van der Waals surface area contributed by atoms with Gasteiger partial charge in [0.2, 0.25) is 0 Å². The van der Waals surface area contributed by atoms with Gasteiger partial charge in [-0.2, -0.15) is 0 Å². The Bertz CT molecular complexity index is 491. The summed E-state index contributed by atoms with van der Waals surface area (Å²) in [6.07, 6.45) is 1.39. The lowest BCUT2D eigenvalue weighted by Gasteiger charge is -2.26. The van der Waals surface area contributed by atoms with Crippen molar-refractivity contribution in [2.24, 2.45) is 11.8 Å². The molecule has 2 N–H and O–H groups in total. The molecular formula is C15H23N3O3. The number of nitrogens with one attached hydrogen (secondary N) is 1. The minimum atomic E-state index is -1.16. The summed E-state index contributed by atoms with van der Waals surface area (Å²) in [5.74, 6) is -0.491. The van der Waals surface area contributed by atoms with Gasteiger partial charge in [0, 0.05) is 19.3 Å². The fraction of sp³-hybridized carbons (Fsp3) is 0.533. The first kappa shape index (κ1) is 16.9. The zero-order chi connectivity index (χ0) is 16.0. The Hall–Kier alpha value is -2.11. The van der Waals surface area contributed by atoms with Gasteiger partial charge < -0.3 is 15.3 Å². The number of hydrogen-bond donors (Lipinski definition) is 2. The van der Waals surface area contributed by atoms with Crippen molar-refractivity contribution in [3.63, 3.8) is 0 Å². The number of carboxylic acids is 1. The Labute approximate surface area is 125 Å². The number of urea groups is 1. The summed E-state index contributed by atoms with van der Waals surface area (Å²) >= 11 is 0. The summed E-state index contributed by atoms with van der Waals surface area (Å²) in [6.45, 7) is 9.38. The molecular weight excluding hydrogens is 270 g/mol. The predicted octanol–water partition coefficient (Wildman–Crippen LogP) is 2.93. The van der Waals surface area contributed by atoms with E-state index in [1.54, 1.807) is 11.0 Å². The lowest BCUT2D eigenvalue weighted by atomic mass is 10.1. The maximum atomic E-state index is 12.4. The lowest BCUT2D eigenvalue weighted by molar-refractivity contribution is 0.0691. The van der Waals surface area contributed by atoms with Gasteiger partial charge in [-0.05, 0) is 24.0 Å². The predicted molar refractivity (Wildman–Crippen MR) is 81.5 cm³/mol. The van der Waals surface area contributed by atoms with Crippen molar-refractivity contribution in [3.8, 4) is 0 Å². The highest BCUT2D eigenvalue weighted by atomic mass is 16.4. The number of rotatable bonds is 6. The number of amides is 2. The number of carbonyl (C=O) groups is 2. The number of carboxylic acid groups (broad SMARTS) is 1. The average molecular weight is 293 g/mol. The van der Waals surface area contributed by atoms with Gasteiger partial charge in [-0.1, -0.05) is 27.7 Å². The number of anilines is 1. The molecule has 0 saturated carbocycles. The second kappa shape index (κ2) is 7.61. The standard InChI is InChI=1S/C15H23N3O3/c1-10(2)8-18(9-11(3)4)15(21)17-12-6-5-7-16-13(12)14(19)20/h5-7,10-11H,8-9H2,1-4H3,(H,17,21)(H,19,20). The number of hydrogen-bond acceptors (Lipinski definition) is 3. The Kier molecular flexibility index (Phi) is 6.14. The van der Waals surface area contributed by atoms with Crippen molar-refractivity contribution < 1.29 is 14.7 Å². The molecule has 116 valence electrons. The smallest absolute Gasteiger partial charge is 0.356 e. The monoisotopic (exact) mass is 293 g/mol. The van der Waals surface area contributed by atoms with E-state index in [1.165, 1.54) is 12.3 Å². The minimum Gasteiger partial charge on any atom is -0.476 e. The highest BCUT2D eigenvalue weighted by molar-refractivity contribution is 5.98. The molecule has 21 heavy (non-hydrogen) atoms. The lowest BCUT2D eigenvalue weighted by Crippen LogP contribution is -2.40. The number of carbonyl (C=O) groups excluding carboxylic acids is 1. The van der Waals surface area contributed by atoms with E-state index in [-0.39, 0.29) is 17.4 Å². The molecule has 0 unspecified atom stereocenters. The SMILES string of the molecule is CC(C)CN(CC(C)C)C(=O)Nc1cccnc1C(=O)O. The van der Waals surface area contributed by atoms with Crippen molar-refractivity contribution in [2.75, 3.05) is 18.4 Å². The summed E-state index contributed by atoms with van der Waals surface area (Å²) in [6, 6.07) is 2.84. The van der Waals surface area contributed by atoms with Gasteiger partial charge in [-0.3, -0.25) is 0 Å². The van der Waals surface area contributed by atoms with E-state index in [0.717, 1.165) is 0 Å². The number of pyridine rings is 1. The second-order valence-electron chi connectivity index (χ2n) is 5.83. The van der Waals surface area contributed by atoms with E-state index in [1.807, 2.05) is 27.7 Å². The van der Waals surface area contributed by atoms with Crippen LogP contribution in [0.3, 0.4) is 0 Å². The summed E-state index contributed by atoms with van der Waals surface area (Å²) in [7, 11) is 0. The van der Waals surface area contributed by atoms with E-state index in [9.17, 15) is 9.59 Å². The molecule has 1 heterocycles. The van der Waals surface area contributed by atoms with Crippen LogP contribution in [0.25, 0.3) is 0 Å². The van der Waals surface area contributed by atoms with Crippen LogP contribution < -0.4 is 5.32 Å². The molecule has 0 spiro atoms. The summed E-state index contributed by atoms with van der Waals surface area (Å²) in [4.78, 5) is 28.9. The third-order valence-corrected chi connectivity index (χ3v) is 2.71. The van der Waals surface area contributed by atoms with Crippen LogP contribution in [0.5, 0.6) is 0 Å². The fourth-order valence-corrected chi connectivity index (χ4v) is 1.99. The first-order chi connectivity index (χ1) is 9.81. The van der Waals surface area contributed by atoms with E-state index < -0.39 is 5.97 Å². The molecule has 1 rings (SSSR count). The number of nitrogens with zero attached hydrogens (tertiary/aromatic N) is 2. The molecule has 1 aromatic rings. The highest BCUT2D eigenvalue weighted by Gasteiger charge is 2.19. The van der Waals surface area contributed by atoms with Crippen LogP contribution >= 0.6 is 0 Å². The van der Waals surface area contributed by atoms with Crippen LogP contribution in [0.4, 0.5) is 10.5 Å². The molecule has 0 aliphatic heterocycles. The highest BCUT2D eigenvalue weighted by Crippen LogP contribution is 2.14. The molecule has 0 aliphatic carbocycles. The second-order valence-corrected chi connectivity index (χ2v) is 5.83. The van der Waals surface area contributed by atoms with E-state index in [4.69, 9.17) is 5.11 Å². The molecule has 0 atom stereocenters. The van der Waals surface area contributed by atoms with Gasteiger partial charge in [0.05, 0.1) is 5.69 Å². The number of aromatic nitrogens is 1. The van der Waals surface area contributed by atoms with Crippen molar-refractivity contribution >= 4 is 17.7 Å². The number of aromatic carboxylic acids is 1. The van der Waals surface area contributed by atoms with Gasteiger partial charge in [0.15, 0.2) is 5.69 Å². The molecule has 0 saturated heterocycles. The minimum absolute atomic E-state index is 0.153. The van der Waals surface area contributed by atoms with Crippen LogP contribution in [0.2, 0.25) is 0 Å². The first-order valence-electron chi connectivity index (χ1n) is 7.05. The molecule has 0 fully saturated rings. The van der Waals surface area contributed by atoms with Gasteiger partial charge in [0.1, 0.15) is 0 Å². The van der Waals surface area contributed by atoms with Crippen LogP contribution in [0, 0.1) is 11.8 Å². The molecule has 0 aliphatic rings. The third kappa shape index (κ3) is 5.41. The van der Waals surface area contributed by atoms with Gasteiger partial charge in [0.25, 0.3) is 0 Å². The van der Waals surface area contributed by atoms with Crippen molar-refractivity contribution in [1.29, 1.82) is 0 Å². The van der Waals surface area contributed by atoms with Crippen LogP contribution in [-0.2, 0) is 0 Å². The molecule has 1 aromatic heterocycles. The topological polar surface area (TPSA) is 82.5 Å². The van der Waals surface area contributed by atoms with Crippen LogP contribution in [-0.4, -0.2) is 40.1 Å². The Morgan fingerprint density at radius 3 is 2.29 bits per heavy atom. The maximum Gasteiger partial charge on any atom is 0.356 e. The molecule has 2 amide bonds. The summed E-state index contributed by atoms with van der Waals surface area (Å²) in [5.41, 5.74) is 0.0624. The maximum absolute atomic E-state index is 12.4. The molecule has 0 bridgehead atoms. The van der Waals surface area contributed by atoms with Crippen LogP contribution in [0.1, 0.15) is 38.2 Å². The fourth-order valence-electron chi connectivity index (χ4n) is 1.99. The summed E-state index contributed by atoms with van der Waals surface area (Å²) in [5, 5.41) is 11.7. The molecule has 6 nitrogen and oxygen atoms in total. The van der Waals surface area contributed by atoms with E-state index in [2.05, 4.69) is 10.3 Å². The van der Waals surface area contributed by atoms with E-state index in [0.29, 0.717) is 24.9 Å². The normalized spacial score (nSPS) is 10.8. The van der Waals surface area contributed by atoms with Gasteiger partial charge in [-0.15, -0.1) is 0 Å². The largest absolute Gasteiger partial charge is 0.476 e. The Morgan fingerprint density at radius 2 is 1.81 bits per heavy atom. The summed E-state index contributed by atoms with van der Waals surface area (Å²) < 4.78 is 0. The Balaban J connectivity index is 2.88. The molecule has 0 aromatic carbocycles. The first-order valence-corrected chi connectivity index (χ1v) is 7.05. The quantitative estimate of drug-likeness (QED) is 0.844. The van der Waals surface area contributed by atoms with Gasteiger partial charge in [-0.25, -0.2) is 14.6 Å². The zero-order valence-corrected chi connectivity index (χ0v) is 13.0. The van der Waals surface area contributed by atoms with Crippen molar-refractivity contribution in [3.05, 3.63) is 24.0 Å². The average Bonchev–Trinajstić information content (AvgIpc) is 2.37. The van der Waals surface area contributed by atoms with Crippen molar-refractivity contribution in [2.45, 2.75) is 27.7 Å². The zero-order valence-electron chi connectivity index (χ0n) is 13.0. The van der Waals surface area contributed by atoms with Crippen molar-refractivity contribution in [1.82, 2.24) is 9.88 Å². The van der Waals surface area contributed by atoms with Gasteiger partial charge >= 0.3 is 12.0 Å². The van der Waals surface area contributed by atoms with Crippen LogP contribution in [0.15, 0.2) is 18.3 Å². The molecule has 6 heteroatoms. The Morgan fingerprint density at radius 1 is 1.24 bits per heavy atom. The van der Waals surface area contributed by atoms with E-state index >= 15 is 0 Å². The third-order valence-electron chi connectivity index (χ3n) is 2.71.